The molecule has 33 heavy (non-hydrogen) atoms. The zero-order valence-electron chi connectivity index (χ0n) is 18.8. The Morgan fingerprint density at radius 2 is 1.82 bits per heavy atom. The highest BCUT2D eigenvalue weighted by Crippen LogP contribution is 2.43. The molecule has 0 saturated heterocycles. The highest BCUT2D eigenvalue weighted by Gasteiger charge is 2.27. The minimum Gasteiger partial charge on any atom is -0.494 e. The molecule has 3 aromatic rings. The van der Waals surface area contributed by atoms with Crippen LogP contribution in [0.25, 0.3) is 5.69 Å². The Labute approximate surface area is 204 Å². The molecule has 0 aliphatic carbocycles. The third kappa shape index (κ3) is 5.97. The summed E-state index contributed by atoms with van der Waals surface area (Å²) in [5, 5.41) is 20.0. The molecule has 1 heterocycles. The number of halogens is 1. The number of hydrogen-bond donors (Lipinski definition) is 0. The molecule has 0 spiro atoms. The van der Waals surface area contributed by atoms with Crippen LogP contribution in [0.4, 0.5) is 0 Å². The van der Waals surface area contributed by atoms with Crippen molar-refractivity contribution in [2.45, 2.75) is 31.2 Å². The molecule has 0 saturated carbocycles. The van der Waals surface area contributed by atoms with Crippen LogP contribution in [0.1, 0.15) is 30.5 Å². The maximum absolute atomic E-state index is 11.5. The molecule has 2 aromatic carbocycles. The van der Waals surface area contributed by atoms with E-state index in [1.54, 1.807) is 12.1 Å². The van der Waals surface area contributed by atoms with Gasteiger partial charge in [0.2, 0.25) is 6.54 Å². The topological polar surface area (TPSA) is 102 Å². The van der Waals surface area contributed by atoms with Crippen molar-refractivity contribution in [2.24, 2.45) is 0 Å². The van der Waals surface area contributed by atoms with Gasteiger partial charge in [-0.3, -0.25) is 14.7 Å². The Morgan fingerprint density at radius 1 is 1.12 bits per heavy atom. The van der Waals surface area contributed by atoms with Crippen molar-refractivity contribution in [3.05, 3.63) is 62.4 Å². The van der Waals surface area contributed by atoms with E-state index in [1.807, 2.05) is 49.6 Å². The van der Waals surface area contributed by atoms with Crippen molar-refractivity contribution < 1.29 is 19.1 Å². The summed E-state index contributed by atoms with van der Waals surface area (Å²) >= 11 is 4.82. The minimum atomic E-state index is -0.552. The molecule has 9 nitrogen and oxygen atoms in total. The number of benzene rings is 2. The van der Waals surface area contributed by atoms with Gasteiger partial charge in [0.05, 0.1) is 20.3 Å². The minimum absolute atomic E-state index is 0.310. The van der Waals surface area contributed by atoms with Crippen LogP contribution >= 0.6 is 27.7 Å². The van der Waals surface area contributed by atoms with Crippen LogP contribution in [-0.4, -0.2) is 46.6 Å². The molecule has 11 heteroatoms. The zero-order valence-corrected chi connectivity index (χ0v) is 21.2. The number of thioether (sulfide) groups is 1. The van der Waals surface area contributed by atoms with Crippen molar-refractivity contribution in [3.63, 3.8) is 0 Å². The number of methoxy groups -OCH3 is 1. The number of nitrogens with zero attached hydrogens (tertiary/aromatic N) is 4. The number of rotatable bonds is 11. The second-order valence-electron chi connectivity index (χ2n) is 6.87. The van der Waals surface area contributed by atoms with Gasteiger partial charge in [0.15, 0.2) is 16.7 Å². The summed E-state index contributed by atoms with van der Waals surface area (Å²) < 4.78 is 19.2. The quantitative estimate of drug-likeness (QED) is 0.186. The molecule has 0 N–H and O–H groups in total. The number of hydrogen-bond acceptors (Lipinski definition) is 8. The Balaban J connectivity index is 1.99. The Morgan fingerprint density at radius 3 is 2.42 bits per heavy atom. The molecule has 0 unspecified atom stereocenters. The van der Waals surface area contributed by atoms with Crippen molar-refractivity contribution in [3.8, 4) is 22.9 Å². The van der Waals surface area contributed by atoms with Crippen LogP contribution in [0.2, 0.25) is 0 Å². The molecule has 0 fully saturated rings. The number of aryl methyl sites for hydroxylation is 1. The lowest BCUT2D eigenvalue weighted by atomic mass is 10.1. The van der Waals surface area contributed by atoms with Gasteiger partial charge in [-0.15, -0.1) is 10.2 Å². The first kappa shape index (κ1) is 24.8. The summed E-state index contributed by atoms with van der Waals surface area (Å²) in [6.07, 6.45) is 0. The third-order valence-electron chi connectivity index (χ3n) is 4.69. The molecule has 0 aliphatic rings. The lowest BCUT2D eigenvalue weighted by molar-refractivity contribution is -0.479. The first-order valence-electron chi connectivity index (χ1n) is 10.3. The van der Waals surface area contributed by atoms with E-state index < -0.39 is 5.25 Å². The second-order valence-corrected chi connectivity index (χ2v) is 8.90. The second kappa shape index (κ2) is 11.4. The number of aromatic nitrogens is 3. The van der Waals surface area contributed by atoms with Crippen LogP contribution in [0.5, 0.6) is 17.2 Å². The van der Waals surface area contributed by atoms with Crippen molar-refractivity contribution in [1.29, 1.82) is 0 Å². The predicted molar refractivity (Wildman–Crippen MR) is 130 cm³/mol. The van der Waals surface area contributed by atoms with Crippen LogP contribution in [0.15, 0.2) is 46.0 Å². The Kier molecular flexibility index (Phi) is 8.56. The van der Waals surface area contributed by atoms with Gasteiger partial charge in [0.1, 0.15) is 16.8 Å². The number of nitro groups is 1. The Bertz CT molecular complexity index is 1110. The molecule has 176 valence electrons. The van der Waals surface area contributed by atoms with E-state index in [1.165, 1.54) is 18.9 Å². The summed E-state index contributed by atoms with van der Waals surface area (Å²) in [6, 6.07) is 11.1. The standard InChI is InChI=1S/C22H25BrN4O5S/c1-5-31-16-9-7-15(8-10-16)27-14(3)24-25-22(27)33-21(13-26(28)29)17-11-19(30-4)20(32-6-2)12-18(17)23/h7-12,21H,5-6,13H2,1-4H3/t21-/m1/s1. The lowest BCUT2D eigenvalue weighted by Gasteiger charge is -2.18. The molecule has 0 amide bonds. The molecule has 0 aliphatic heterocycles. The van der Waals surface area contributed by atoms with Gasteiger partial charge in [0.25, 0.3) is 0 Å². The lowest BCUT2D eigenvalue weighted by Crippen LogP contribution is -2.12. The van der Waals surface area contributed by atoms with E-state index >= 15 is 0 Å². The summed E-state index contributed by atoms with van der Waals surface area (Å²) in [4.78, 5) is 11.2. The average molecular weight is 537 g/mol. The molecular weight excluding hydrogens is 512 g/mol. The van der Waals surface area contributed by atoms with E-state index in [-0.39, 0.29) is 11.5 Å². The largest absolute Gasteiger partial charge is 0.494 e. The maximum atomic E-state index is 11.5. The van der Waals surface area contributed by atoms with Gasteiger partial charge in [-0.2, -0.15) is 0 Å². The molecular formula is C22H25BrN4O5S. The van der Waals surface area contributed by atoms with Gasteiger partial charge in [0, 0.05) is 15.1 Å². The third-order valence-corrected chi connectivity index (χ3v) is 6.54. The fourth-order valence-electron chi connectivity index (χ4n) is 3.26. The van der Waals surface area contributed by atoms with E-state index in [0.29, 0.717) is 45.7 Å². The van der Waals surface area contributed by atoms with Gasteiger partial charge in [-0.25, -0.2) is 0 Å². The van der Waals surface area contributed by atoms with E-state index in [2.05, 4.69) is 26.1 Å². The van der Waals surface area contributed by atoms with Crippen molar-refractivity contribution in [2.75, 3.05) is 26.9 Å². The SMILES string of the molecule is CCOc1ccc(-n2c(C)nnc2S[C@H](C[N+](=O)[O-])c2cc(OC)c(OCC)cc2Br)cc1. The molecule has 1 atom stereocenters. The fraction of sp³-hybridized carbons (Fsp3) is 0.364. The van der Waals surface area contributed by atoms with Crippen LogP contribution < -0.4 is 14.2 Å². The molecule has 1 aromatic heterocycles. The summed E-state index contributed by atoms with van der Waals surface area (Å²) in [5.41, 5.74) is 1.54. The van der Waals surface area contributed by atoms with Crippen molar-refractivity contribution in [1.82, 2.24) is 14.8 Å². The highest BCUT2D eigenvalue weighted by molar-refractivity contribution is 9.10. The van der Waals surface area contributed by atoms with Crippen LogP contribution in [-0.2, 0) is 0 Å². The zero-order chi connectivity index (χ0) is 24.0. The van der Waals surface area contributed by atoms with Gasteiger partial charge >= 0.3 is 0 Å². The van der Waals surface area contributed by atoms with E-state index in [4.69, 9.17) is 14.2 Å². The first-order valence-corrected chi connectivity index (χ1v) is 12.0. The Hall–Kier alpha value is -2.79. The van der Waals surface area contributed by atoms with E-state index in [9.17, 15) is 10.1 Å². The number of ether oxygens (including phenoxy) is 3. The maximum Gasteiger partial charge on any atom is 0.220 e. The van der Waals surface area contributed by atoms with Gasteiger partial charge in [-0.1, -0.05) is 27.7 Å². The fourth-order valence-corrected chi connectivity index (χ4v) is 5.22. The smallest absolute Gasteiger partial charge is 0.220 e. The predicted octanol–water partition coefficient (Wildman–Crippen LogP) is 5.25. The average Bonchev–Trinajstić information content (AvgIpc) is 3.14. The highest BCUT2D eigenvalue weighted by atomic mass is 79.9. The van der Waals surface area contributed by atoms with Gasteiger partial charge in [-0.05, 0) is 62.7 Å². The normalized spacial score (nSPS) is 11.8. The molecule has 0 bridgehead atoms. The van der Waals surface area contributed by atoms with Crippen LogP contribution in [0.3, 0.4) is 0 Å². The summed E-state index contributed by atoms with van der Waals surface area (Å²) in [6.45, 7) is 6.38. The van der Waals surface area contributed by atoms with E-state index in [0.717, 1.165) is 11.4 Å². The summed E-state index contributed by atoms with van der Waals surface area (Å²) in [7, 11) is 1.54. The molecule has 0 radical (unpaired) electrons. The summed E-state index contributed by atoms with van der Waals surface area (Å²) in [5.74, 6) is 2.50. The first-order chi connectivity index (χ1) is 15.9. The van der Waals surface area contributed by atoms with Gasteiger partial charge < -0.3 is 14.2 Å². The van der Waals surface area contributed by atoms with Crippen molar-refractivity contribution >= 4 is 27.7 Å². The van der Waals surface area contributed by atoms with Crippen LogP contribution in [0, 0.1) is 17.0 Å². The monoisotopic (exact) mass is 536 g/mol. The molecule has 3 rings (SSSR count).